The number of aromatic nitrogens is 1. The van der Waals surface area contributed by atoms with Crippen LogP contribution >= 0.6 is 0 Å². The normalized spacial score (nSPS) is 25.3. The van der Waals surface area contributed by atoms with Gasteiger partial charge in [-0.1, -0.05) is 20.8 Å². The van der Waals surface area contributed by atoms with Crippen molar-refractivity contribution in [2.75, 3.05) is 5.43 Å². The predicted molar refractivity (Wildman–Crippen MR) is 73.2 cm³/mol. The van der Waals surface area contributed by atoms with Crippen LogP contribution in [-0.2, 0) is 0 Å². The number of nitrogens with one attached hydrogen (secondary N) is 1. The van der Waals surface area contributed by atoms with Gasteiger partial charge >= 0.3 is 0 Å². The van der Waals surface area contributed by atoms with Gasteiger partial charge in [0.25, 0.3) is 5.88 Å². The third-order valence-electron chi connectivity index (χ3n) is 3.66. The Kier molecular flexibility index (Phi) is 4.13. The number of anilines is 1. The van der Waals surface area contributed by atoms with Gasteiger partial charge in [-0.2, -0.15) is 4.98 Å². The molecule has 1 saturated carbocycles. The summed E-state index contributed by atoms with van der Waals surface area (Å²) in [6.45, 7) is 6.49. The molecule has 0 radical (unpaired) electrons. The molecule has 2 unspecified atom stereocenters. The second kappa shape index (κ2) is 5.52. The van der Waals surface area contributed by atoms with E-state index in [-0.39, 0.29) is 23.2 Å². The van der Waals surface area contributed by atoms with Crippen molar-refractivity contribution in [1.82, 2.24) is 4.98 Å². The van der Waals surface area contributed by atoms with Gasteiger partial charge in [0.2, 0.25) is 0 Å². The van der Waals surface area contributed by atoms with E-state index in [0.29, 0.717) is 5.92 Å². The molecule has 0 aliphatic heterocycles. The average Bonchev–Trinajstić information content (AvgIpc) is 2.30. The summed E-state index contributed by atoms with van der Waals surface area (Å²) in [5.41, 5.74) is 2.24. The Hall–Kier alpha value is -1.43. The van der Waals surface area contributed by atoms with E-state index < -0.39 is 11.6 Å². The predicted octanol–water partition coefficient (Wildman–Crippen LogP) is 3.24. The van der Waals surface area contributed by atoms with Crippen molar-refractivity contribution in [2.45, 2.75) is 46.1 Å². The molecule has 20 heavy (non-hydrogen) atoms. The minimum Gasteiger partial charge on any atom is -0.472 e. The third kappa shape index (κ3) is 3.36. The van der Waals surface area contributed by atoms with E-state index in [1.165, 1.54) is 0 Å². The number of halogens is 2. The van der Waals surface area contributed by atoms with E-state index >= 15 is 0 Å². The van der Waals surface area contributed by atoms with Gasteiger partial charge in [0, 0.05) is 6.07 Å². The molecule has 1 aromatic heterocycles. The number of nitrogens with two attached hydrogens (primary N) is 1. The first kappa shape index (κ1) is 15.0. The number of hydrogen-bond acceptors (Lipinski definition) is 4. The second-order valence-corrected chi connectivity index (χ2v) is 6.40. The summed E-state index contributed by atoms with van der Waals surface area (Å²) in [5.74, 6) is 3.57. The van der Waals surface area contributed by atoms with Crippen molar-refractivity contribution in [1.29, 1.82) is 0 Å². The first-order chi connectivity index (χ1) is 9.30. The van der Waals surface area contributed by atoms with Gasteiger partial charge in [-0.25, -0.2) is 14.6 Å². The summed E-state index contributed by atoms with van der Waals surface area (Å²) >= 11 is 0. The third-order valence-corrected chi connectivity index (χ3v) is 3.66. The smallest absolute Gasteiger partial charge is 0.252 e. The van der Waals surface area contributed by atoms with E-state index in [1.807, 2.05) is 0 Å². The maximum atomic E-state index is 13.7. The highest BCUT2D eigenvalue weighted by molar-refractivity contribution is 5.38. The first-order valence-corrected chi connectivity index (χ1v) is 6.80. The molecule has 1 fully saturated rings. The van der Waals surface area contributed by atoms with Crippen molar-refractivity contribution in [3.05, 3.63) is 17.7 Å². The van der Waals surface area contributed by atoms with Crippen LogP contribution in [-0.4, -0.2) is 11.1 Å². The van der Waals surface area contributed by atoms with Gasteiger partial charge < -0.3 is 10.2 Å². The number of nitrogens with zero attached hydrogens (tertiary/aromatic N) is 1. The largest absolute Gasteiger partial charge is 0.472 e. The molecular weight excluding hydrogens is 264 g/mol. The molecule has 1 aliphatic rings. The molecule has 2 rings (SSSR count). The zero-order valence-electron chi connectivity index (χ0n) is 12.0. The number of pyridine rings is 1. The van der Waals surface area contributed by atoms with E-state index in [1.54, 1.807) is 0 Å². The van der Waals surface area contributed by atoms with Gasteiger partial charge in [-0.15, -0.1) is 0 Å². The van der Waals surface area contributed by atoms with Gasteiger partial charge in [0.15, 0.2) is 17.5 Å². The molecule has 1 heterocycles. The number of nitrogen functional groups attached to an aromatic ring is 1. The minimum absolute atomic E-state index is 0.119. The summed E-state index contributed by atoms with van der Waals surface area (Å²) in [6.07, 6.45) is 2.66. The Labute approximate surface area is 117 Å². The summed E-state index contributed by atoms with van der Waals surface area (Å²) < 4.78 is 32.7. The maximum absolute atomic E-state index is 13.7. The number of ether oxygens (including phenoxy) is 1. The molecule has 0 aromatic carbocycles. The second-order valence-electron chi connectivity index (χ2n) is 6.40. The fourth-order valence-corrected chi connectivity index (χ4v) is 3.14. The lowest BCUT2D eigenvalue weighted by molar-refractivity contribution is 0.0503. The summed E-state index contributed by atoms with van der Waals surface area (Å²) in [7, 11) is 0. The number of hydrogen-bond donors (Lipinski definition) is 2. The van der Waals surface area contributed by atoms with Gasteiger partial charge in [-0.3, -0.25) is 0 Å². The lowest BCUT2D eigenvalue weighted by Gasteiger charge is -2.38. The van der Waals surface area contributed by atoms with E-state index in [9.17, 15) is 8.78 Å². The Morgan fingerprint density at radius 2 is 2.05 bits per heavy atom. The number of rotatable bonds is 3. The lowest BCUT2D eigenvalue weighted by atomic mass is 9.71. The molecule has 0 spiro atoms. The van der Waals surface area contributed by atoms with Crippen LogP contribution < -0.4 is 16.0 Å². The van der Waals surface area contributed by atoms with Crippen LogP contribution in [0.5, 0.6) is 5.88 Å². The molecule has 2 atom stereocenters. The molecule has 1 aliphatic carbocycles. The highest BCUT2D eigenvalue weighted by atomic mass is 19.1. The fraction of sp³-hybridized carbons (Fsp3) is 0.643. The van der Waals surface area contributed by atoms with E-state index in [0.717, 1.165) is 25.3 Å². The van der Waals surface area contributed by atoms with Crippen molar-refractivity contribution >= 4 is 5.82 Å². The highest BCUT2D eigenvalue weighted by Crippen LogP contribution is 2.40. The van der Waals surface area contributed by atoms with Crippen LogP contribution in [0.25, 0.3) is 0 Å². The quantitative estimate of drug-likeness (QED) is 0.661. The SMILES string of the molecule is CC1CC(Oc2nc(NN)c(F)cc2F)CC(C)(C)C1. The first-order valence-electron chi connectivity index (χ1n) is 6.80. The highest BCUT2D eigenvalue weighted by Gasteiger charge is 2.33. The molecule has 1 aromatic rings. The standard InChI is InChI=1S/C14H21F2N3O/c1-8-4-9(7-14(2,3)6-8)20-13-11(16)5-10(15)12(18-13)19-17/h5,8-9H,4,6-7,17H2,1-3H3,(H,18,19). The average molecular weight is 285 g/mol. The molecule has 4 nitrogen and oxygen atoms in total. The zero-order valence-corrected chi connectivity index (χ0v) is 12.0. The molecule has 112 valence electrons. The molecular formula is C14H21F2N3O. The Morgan fingerprint density at radius 3 is 2.65 bits per heavy atom. The summed E-state index contributed by atoms with van der Waals surface area (Å²) in [6, 6.07) is 0.731. The van der Waals surface area contributed by atoms with Crippen LogP contribution in [0.15, 0.2) is 6.07 Å². The Bertz CT molecular complexity index is 494. The number of hydrazine groups is 1. The van der Waals surface area contributed by atoms with Crippen molar-refractivity contribution in [3.8, 4) is 5.88 Å². The zero-order chi connectivity index (χ0) is 14.9. The monoisotopic (exact) mass is 285 g/mol. The van der Waals surface area contributed by atoms with Crippen molar-refractivity contribution < 1.29 is 13.5 Å². The molecule has 0 amide bonds. The lowest BCUT2D eigenvalue weighted by Crippen LogP contribution is -2.34. The topological polar surface area (TPSA) is 60.2 Å². The van der Waals surface area contributed by atoms with Crippen LogP contribution in [0.1, 0.15) is 40.0 Å². The van der Waals surface area contributed by atoms with Crippen molar-refractivity contribution in [3.63, 3.8) is 0 Å². The van der Waals surface area contributed by atoms with Gasteiger partial charge in [-0.05, 0) is 30.6 Å². The van der Waals surface area contributed by atoms with Crippen LogP contribution in [0.3, 0.4) is 0 Å². The van der Waals surface area contributed by atoms with E-state index in [4.69, 9.17) is 10.6 Å². The molecule has 0 bridgehead atoms. The Morgan fingerprint density at radius 1 is 1.35 bits per heavy atom. The minimum atomic E-state index is -0.838. The van der Waals surface area contributed by atoms with Gasteiger partial charge in [0.05, 0.1) is 0 Å². The summed E-state index contributed by atoms with van der Waals surface area (Å²) in [4.78, 5) is 3.75. The fourth-order valence-electron chi connectivity index (χ4n) is 3.14. The summed E-state index contributed by atoms with van der Waals surface area (Å²) in [5, 5.41) is 0. The van der Waals surface area contributed by atoms with Crippen molar-refractivity contribution in [2.24, 2.45) is 17.2 Å². The maximum Gasteiger partial charge on any atom is 0.252 e. The molecule has 6 heteroatoms. The van der Waals surface area contributed by atoms with Crippen LogP contribution in [0, 0.1) is 23.0 Å². The molecule has 3 N–H and O–H groups in total. The van der Waals surface area contributed by atoms with Crippen LogP contribution in [0.2, 0.25) is 0 Å². The Balaban J connectivity index is 2.17. The van der Waals surface area contributed by atoms with E-state index in [2.05, 4.69) is 31.2 Å². The van der Waals surface area contributed by atoms with Crippen LogP contribution in [0.4, 0.5) is 14.6 Å². The van der Waals surface area contributed by atoms with Gasteiger partial charge in [0.1, 0.15) is 6.10 Å². The molecule has 0 saturated heterocycles.